The van der Waals surface area contributed by atoms with Crippen LogP contribution in [-0.4, -0.2) is 49.2 Å². The number of esters is 2. The first-order chi connectivity index (χ1) is 13.0. The molecule has 10 nitrogen and oxygen atoms in total. The van der Waals surface area contributed by atoms with Gasteiger partial charge >= 0.3 is 11.9 Å². The molecule has 0 N–H and O–H groups in total. The van der Waals surface area contributed by atoms with Crippen molar-refractivity contribution in [2.75, 3.05) is 6.61 Å². The van der Waals surface area contributed by atoms with Gasteiger partial charge in [0.05, 0.1) is 6.61 Å². The summed E-state index contributed by atoms with van der Waals surface area (Å²) in [6.07, 6.45) is -5.49. The highest BCUT2D eigenvalue weighted by atomic mass is 16.7. The van der Waals surface area contributed by atoms with Crippen molar-refractivity contribution in [2.24, 2.45) is 5.11 Å². The monoisotopic (exact) mass is 377 g/mol. The van der Waals surface area contributed by atoms with E-state index in [0.717, 1.165) is 5.56 Å². The maximum Gasteiger partial charge on any atom is 0.303 e. The molecule has 2 aliphatic heterocycles. The van der Waals surface area contributed by atoms with Gasteiger partial charge in [0.1, 0.15) is 12.2 Å². The maximum absolute atomic E-state index is 11.6. The van der Waals surface area contributed by atoms with Crippen molar-refractivity contribution in [1.29, 1.82) is 0 Å². The van der Waals surface area contributed by atoms with E-state index in [1.54, 1.807) is 0 Å². The zero-order valence-corrected chi connectivity index (χ0v) is 14.8. The van der Waals surface area contributed by atoms with Gasteiger partial charge in [0.15, 0.2) is 24.7 Å². The van der Waals surface area contributed by atoms with Crippen LogP contribution in [0.25, 0.3) is 10.4 Å². The third-order valence-electron chi connectivity index (χ3n) is 4.14. The second kappa shape index (κ2) is 8.36. The van der Waals surface area contributed by atoms with Gasteiger partial charge in [0.2, 0.25) is 0 Å². The molecule has 6 atom stereocenters. The van der Waals surface area contributed by atoms with Crippen LogP contribution >= 0.6 is 0 Å². The van der Waals surface area contributed by atoms with E-state index >= 15 is 0 Å². The summed E-state index contributed by atoms with van der Waals surface area (Å²) in [5.41, 5.74) is 9.57. The average Bonchev–Trinajstić information content (AvgIpc) is 2.64. The van der Waals surface area contributed by atoms with Gasteiger partial charge < -0.3 is 23.7 Å². The summed E-state index contributed by atoms with van der Waals surface area (Å²) in [6.45, 7) is 2.54. The van der Waals surface area contributed by atoms with Crippen molar-refractivity contribution >= 4 is 11.9 Å². The third kappa shape index (κ3) is 4.37. The lowest BCUT2D eigenvalue weighted by Gasteiger charge is -2.47. The molecule has 0 saturated carbocycles. The zero-order chi connectivity index (χ0) is 19.4. The van der Waals surface area contributed by atoms with Crippen molar-refractivity contribution in [3.63, 3.8) is 0 Å². The van der Waals surface area contributed by atoms with E-state index < -0.39 is 48.9 Å². The van der Waals surface area contributed by atoms with Crippen molar-refractivity contribution in [3.8, 4) is 0 Å². The number of hydrogen-bond acceptors (Lipinski definition) is 8. The van der Waals surface area contributed by atoms with Crippen molar-refractivity contribution < 1.29 is 33.3 Å². The molecule has 3 rings (SSSR count). The fourth-order valence-corrected chi connectivity index (χ4v) is 3.13. The Balaban J connectivity index is 1.90. The van der Waals surface area contributed by atoms with E-state index in [1.165, 1.54) is 13.8 Å². The highest BCUT2D eigenvalue weighted by Gasteiger charge is 2.53. The largest absolute Gasteiger partial charge is 0.456 e. The maximum atomic E-state index is 11.6. The zero-order valence-electron chi connectivity index (χ0n) is 14.8. The second-order valence-electron chi connectivity index (χ2n) is 6.09. The fourth-order valence-electron chi connectivity index (χ4n) is 3.13. The molecule has 0 bridgehead atoms. The van der Waals surface area contributed by atoms with E-state index in [2.05, 4.69) is 10.0 Å². The Morgan fingerprint density at radius 3 is 2.41 bits per heavy atom. The quantitative estimate of drug-likeness (QED) is 0.339. The Morgan fingerprint density at radius 2 is 1.78 bits per heavy atom. The van der Waals surface area contributed by atoms with Gasteiger partial charge in [-0.1, -0.05) is 35.4 Å². The van der Waals surface area contributed by atoms with Gasteiger partial charge in [-0.3, -0.25) is 9.59 Å². The van der Waals surface area contributed by atoms with Gasteiger partial charge in [0.25, 0.3) is 0 Å². The minimum atomic E-state index is -1.18. The Labute approximate surface area is 154 Å². The standard InChI is InChI=1S/C17H19N3O7/c1-9(21)24-14-13-12(26-16(19-20-18)15(14)25-10(2)22)8-23-17(27-13)11-6-4-3-5-7-11/h3-7,12-17H,8H2,1-2H3/t12?,13-,14?,15?,16+,17?/m0/s1. The Bertz CT molecular complexity index is 737. The molecule has 10 heteroatoms. The van der Waals surface area contributed by atoms with Crippen LogP contribution in [0.5, 0.6) is 0 Å². The van der Waals surface area contributed by atoms with Crippen LogP contribution in [0.2, 0.25) is 0 Å². The summed E-state index contributed by atoms with van der Waals surface area (Å²) in [4.78, 5) is 25.9. The van der Waals surface area contributed by atoms with E-state index in [4.69, 9.17) is 29.2 Å². The first-order valence-electron chi connectivity index (χ1n) is 8.35. The number of hydrogen-bond donors (Lipinski definition) is 0. The van der Waals surface area contributed by atoms with Crippen molar-refractivity contribution in [2.45, 2.75) is 50.8 Å². The third-order valence-corrected chi connectivity index (χ3v) is 4.14. The molecule has 1 aromatic rings. The van der Waals surface area contributed by atoms with Crippen LogP contribution in [0.4, 0.5) is 0 Å². The summed E-state index contributed by atoms with van der Waals surface area (Å²) < 4.78 is 28.0. The van der Waals surface area contributed by atoms with Crippen molar-refractivity contribution in [1.82, 2.24) is 0 Å². The number of carbonyl (C=O) groups is 2. The molecule has 0 radical (unpaired) electrons. The molecule has 1 aromatic carbocycles. The number of azide groups is 1. The number of ether oxygens (including phenoxy) is 5. The summed E-state index contributed by atoms with van der Waals surface area (Å²) in [7, 11) is 0. The number of nitrogens with zero attached hydrogens (tertiary/aromatic N) is 3. The molecule has 0 spiro atoms. The topological polar surface area (TPSA) is 129 Å². The number of benzene rings is 1. The van der Waals surface area contributed by atoms with E-state index in [9.17, 15) is 9.59 Å². The minimum Gasteiger partial charge on any atom is -0.456 e. The number of rotatable bonds is 4. The molecule has 144 valence electrons. The molecule has 27 heavy (non-hydrogen) atoms. The Kier molecular flexibility index (Phi) is 5.92. The molecule has 0 aliphatic carbocycles. The van der Waals surface area contributed by atoms with Crippen molar-refractivity contribution in [3.05, 3.63) is 46.3 Å². The fraction of sp³-hybridized carbons (Fsp3) is 0.529. The Hall–Kier alpha value is -2.65. The molecule has 2 fully saturated rings. The van der Waals surface area contributed by atoms with Gasteiger partial charge in [-0.15, -0.1) is 0 Å². The summed E-state index contributed by atoms with van der Waals surface area (Å²) >= 11 is 0. The van der Waals surface area contributed by atoms with Crippen LogP contribution in [0.1, 0.15) is 25.7 Å². The number of fused-ring (bicyclic) bond motifs is 1. The summed E-state index contributed by atoms with van der Waals surface area (Å²) in [5.74, 6) is -1.23. The summed E-state index contributed by atoms with van der Waals surface area (Å²) in [5, 5.41) is 3.52. The second-order valence-corrected chi connectivity index (χ2v) is 6.09. The smallest absolute Gasteiger partial charge is 0.303 e. The van der Waals surface area contributed by atoms with Crippen LogP contribution in [0.3, 0.4) is 0 Å². The molecule has 2 aliphatic rings. The predicted molar refractivity (Wildman–Crippen MR) is 88.9 cm³/mol. The lowest BCUT2D eigenvalue weighted by atomic mass is 9.96. The van der Waals surface area contributed by atoms with Crippen LogP contribution in [0.15, 0.2) is 35.4 Å². The molecule has 4 unspecified atom stereocenters. The predicted octanol–water partition coefficient (Wildman–Crippen LogP) is 2.00. The van der Waals surface area contributed by atoms with E-state index in [0.29, 0.717) is 0 Å². The first-order valence-corrected chi connectivity index (χ1v) is 8.35. The molecular weight excluding hydrogens is 358 g/mol. The molecule has 0 aromatic heterocycles. The lowest BCUT2D eigenvalue weighted by Crippen LogP contribution is -2.63. The minimum absolute atomic E-state index is 0.117. The van der Waals surface area contributed by atoms with Crippen LogP contribution in [-0.2, 0) is 33.3 Å². The van der Waals surface area contributed by atoms with Gasteiger partial charge in [-0.25, -0.2) is 0 Å². The van der Waals surface area contributed by atoms with Gasteiger partial charge in [-0.05, 0) is 5.53 Å². The van der Waals surface area contributed by atoms with E-state index in [-0.39, 0.29) is 6.61 Å². The highest BCUT2D eigenvalue weighted by Crippen LogP contribution is 2.36. The van der Waals surface area contributed by atoms with Crippen LogP contribution in [0, 0.1) is 0 Å². The SMILES string of the molecule is CC(=O)OC1C(OC(C)=O)[C@H](N=[N+]=[N-])OC2COC(c3ccccc3)O[C@@H]21. The van der Waals surface area contributed by atoms with Gasteiger partial charge in [-0.2, -0.15) is 0 Å². The molecular formula is C17H19N3O7. The summed E-state index contributed by atoms with van der Waals surface area (Å²) in [6, 6.07) is 9.22. The molecule has 2 saturated heterocycles. The molecule has 2 heterocycles. The Morgan fingerprint density at radius 1 is 1.11 bits per heavy atom. The first kappa shape index (κ1) is 19.1. The van der Waals surface area contributed by atoms with E-state index in [1.807, 2.05) is 30.3 Å². The number of carbonyl (C=O) groups excluding carboxylic acids is 2. The van der Waals surface area contributed by atoms with Gasteiger partial charge in [0, 0.05) is 24.3 Å². The average molecular weight is 377 g/mol. The highest BCUT2D eigenvalue weighted by molar-refractivity contribution is 5.67. The normalized spacial score (nSPS) is 32.5. The molecule has 0 amide bonds. The van der Waals surface area contributed by atoms with Crippen LogP contribution < -0.4 is 0 Å². The lowest BCUT2D eigenvalue weighted by molar-refractivity contribution is -0.329.